The normalized spacial score (nSPS) is 40.9. The van der Waals surface area contributed by atoms with Crippen LogP contribution in [0.25, 0.3) is 0 Å². The SMILES string of the molecule is C=CCOC(=O)C(N)CC(=O)OCC(=O)[C@@]12OC(C)(C)O[C@@H]1C[C@H]1[C@@H]3CCC4=CC(=O)C=C[C@]4(C)[C@@]3(F)[C@@H](O)C[C@@]12C.Cl. The Morgan fingerprint density at radius 1 is 1.23 bits per heavy atom. The molecule has 4 aliphatic carbocycles. The molecular formula is C31H41ClFNO9. The number of aliphatic hydroxyl groups excluding tert-OH is 1. The first-order valence-corrected chi connectivity index (χ1v) is 14.5. The number of esters is 2. The molecule has 238 valence electrons. The zero-order chi connectivity index (χ0) is 30.9. The highest BCUT2D eigenvalue weighted by Gasteiger charge is 2.80. The lowest BCUT2D eigenvalue weighted by Gasteiger charge is -2.62. The molecule has 1 unspecified atom stereocenters. The molecule has 5 aliphatic rings. The van der Waals surface area contributed by atoms with Gasteiger partial charge in [0.1, 0.15) is 12.6 Å². The van der Waals surface area contributed by atoms with Crippen molar-refractivity contribution in [2.75, 3.05) is 13.2 Å². The maximum absolute atomic E-state index is 17.5. The highest BCUT2D eigenvalue weighted by atomic mass is 35.5. The Balaban J connectivity index is 0.00000423. The number of nitrogens with two attached hydrogens (primary N) is 1. The van der Waals surface area contributed by atoms with Gasteiger partial charge in [-0.25, -0.2) is 4.39 Å². The van der Waals surface area contributed by atoms with Gasteiger partial charge in [-0.1, -0.05) is 31.2 Å². The molecule has 10 nitrogen and oxygen atoms in total. The third-order valence-electron chi connectivity index (χ3n) is 10.4. The molecule has 0 aromatic heterocycles. The Labute approximate surface area is 256 Å². The van der Waals surface area contributed by atoms with E-state index in [9.17, 15) is 24.3 Å². The summed E-state index contributed by atoms with van der Waals surface area (Å²) in [5.41, 5.74) is 0.453. The Morgan fingerprint density at radius 3 is 2.60 bits per heavy atom. The van der Waals surface area contributed by atoms with E-state index in [4.69, 9.17) is 24.7 Å². The first kappa shape index (κ1) is 33.5. The highest BCUT2D eigenvalue weighted by molar-refractivity contribution is 6.01. The number of rotatable bonds is 8. The molecule has 3 N–H and O–H groups in total. The highest BCUT2D eigenvalue weighted by Crippen LogP contribution is 2.72. The summed E-state index contributed by atoms with van der Waals surface area (Å²) in [5, 5.41) is 11.6. The number of Topliss-reactive ketones (excluding diaryl/α,β-unsaturated/α-hetero) is 1. The van der Waals surface area contributed by atoms with Gasteiger partial charge in [0.25, 0.3) is 0 Å². The van der Waals surface area contributed by atoms with Crippen LogP contribution in [0.2, 0.25) is 0 Å². The minimum absolute atomic E-state index is 0. The van der Waals surface area contributed by atoms with E-state index in [1.807, 2.05) is 6.92 Å². The van der Waals surface area contributed by atoms with Crippen LogP contribution in [0.4, 0.5) is 4.39 Å². The van der Waals surface area contributed by atoms with Gasteiger partial charge in [0, 0.05) is 16.7 Å². The number of carbonyl (C=O) groups is 4. The number of hydrogen-bond donors (Lipinski definition) is 2. The van der Waals surface area contributed by atoms with Crippen molar-refractivity contribution in [2.24, 2.45) is 28.4 Å². The molecule has 1 saturated heterocycles. The average Bonchev–Trinajstić information content (AvgIpc) is 3.32. The second kappa shape index (κ2) is 11.2. The van der Waals surface area contributed by atoms with Crippen molar-refractivity contribution < 1.29 is 47.6 Å². The van der Waals surface area contributed by atoms with Crippen molar-refractivity contribution in [3.63, 3.8) is 0 Å². The van der Waals surface area contributed by atoms with Crippen molar-refractivity contribution in [3.05, 3.63) is 36.5 Å². The monoisotopic (exact) mass is 625 g/mol. The van der Waals surface area contributed by atoms with Crippen LogP contribution >= 0.6 is 12.4 Å². The first-order valence-electron chi connectivity index (χ1n) is 14.5. The van der Waals surface area contributed by atoms with E-state index in [0.29, 0.717) is 24.8 Å². The summed E-state index contributed by atoms with van der Waals surface area (Å²) >= 11 is 0. The molecule has 1 heterocycles. The number of allylic oxidation sites excluding steroid dienone is 4. The first-order chi connectivity index (χ1) is 19.6. The fourth-order valence-electron chi connectivity index (χ4n) is 8.63. The van der Waals surface area contributed by atoms with Crippen LogP contribution in [-0.4, -0.2) is 77.1 Å². The predicted octanol–water partition coefficient (Wildman–Crippen LogP) is 2.84. The molecule has 0 radical (unpaired) electrons. The molecule has 5 rings (SSSR count). The van der Waals surface area contributed by atoms with Gasteiger partial charge in [-0.2, -0.15) is 0 Å². The summed E-state index contributed by atoms with van der Waals surface area (Å²) in [7, 11) is 0. The van der Waals surface area contributed by atoms with Crippen molar-refractivity contribution in [2.45, 2.75) is 95.1 Å². The van der Waals surface area contributed by atoms with E-state index in [0.717, 1.165) is 0 Å². The van der Waals surface area contributed by atoms with Gasteiger partial charge in [0.15, 0.2) is 29.4 Å². The van der Waals surface area contributed by atoms with Gasteiger partial charge in [0.2, 0.25) is 5.78 Å². The Hall–Kier alpha value is -2.44. The third-order valence-corrected chi connectivity index (χ3v) is 10.4. The Morgan fingerprint density at radius 2 is 1.93 bits per heavy atom. The molecule has 4 fully saturated rings. The van der Waals surface area contributed by atoms with Crippen LogP contribution in [0.15, 0.2) is 36.5 Å². The lowest BCUT2D eigenvalue weighted by Crippen LogP contribution is -2.70. The average molecular weight is 626 g/mol. The van der Waals surface area contributed by atoms with Crippen LogP contribution in [-0.2, 0) is 38.1 Å². The Kier molecular flexibility index (Phi) is 8.69. The van der Waals surface area contributed by atoms with Crippen molar-refractivity contribution >= 4 is 35.9 Å². The number of carbonyl (C=O) groups excluding carboxylic acids is 4. The number of ketones is 2. The topological polar surface area (TPSA) is 151 Å². The number of aliphatic hydroxyl groups is 1. The van der Waals surface area contributed by atoms with Gasteiger partial charge in [-0.15, -0.1) is 12.4 Å². The van der Waals surface area contributed by atoms with E-state index in [-0.39, 0.29) is 31.2 Å². The number of fused-ring (bicyclic) bond motifs is 7. The lowest BCUT2D eigenvalue weighted by molar-refractivity contribution is -0.246. The number of alkyl halides is 1. The number of ether oxygens (including phenoxy) is 4. The quantitative estimate of drug-likeness (QED) is 0.304. The third kappa shape index (κ3) is 4.82. The molecule has 43 heavy (non-hydrogen) atoms. The molecule has 0 amide bonds. The molecule has 0 spiro atoms. The van der Waals surface area contributed by atoms with Crippen molar-refractivity contribution in [3.8, 4) is 0 Å². The van der Waals surface area contributed by atoms with Crippen LogP contribution in [0.3, 0.4) is 0 Å². The molecule has 9 atom stereocenters. The molecule has 1 aliphatic heterocycles. The maximum Gasteiger partial charge on any atom is 0.323 e. The number of hydrogen-bond acceptors (Lipinski definition) is 10. The second-order valence-electron chi connectivity index (χ2n) is 13.2. The predicted molar refractivity (Wildman–Crippen MR) is 153 cm³/mol. The molecule has 0 aromatic carbocycles. The summed E-state index contributed by atoms with van der Waals surface area (Å²) in [6.07, 6.45) is 4.08. The molecule has 0 aromatic rings. The van der Waals surface area contributed by atoms with Crippen LogP contribution in [0.1, 0.15) is 59.8 Å². The summed E-state index contributed by atoms with van der Waals surface area (Å²) in [4.78, 5) is 50.6. The minimum Gasteiger partial charge on any atom is -0.460 e. The zero-order valence-electron chi connectivity index (χ0n) is 24.9. The van der Waals surface area contributed by atoms with Gasteiger partial charge in [-0.05, 0) is 64.5 Å². The maximum atomic E-state index is 17.5. The van der Waals surface area contributed by atoms with Crippen molar-refractivity contribution in [1.29, 1.82) is 0 Å². The smallest absolute Gasteiger partial charge is 0.323 e. The lowest BCUT2D eigenvalue weighted by atomic mass is 9.44. The van der Waals surface area contributed by atoms with Crippen LogP contribution in [0.5, 0.6) is 0 Å². The molecule has 0 bridgehead atoms. The Bertz CT molecular complexity index is 1280. The fourth-order valence-corrected chi connectivity index (χ4v) is 8.63. The van der Waals surface area contributed by atoms with Crippen molar-refractivity contribution in [1.82, 2.24) is 0 Å². The van der Waals surface area contributed by atoms with E-state index in [2.05, 4.69) is 6.58 Å². The van der Waals surface area contributed by atoms with Gasteiger partial charge < -0.3 is 29.8 Å². The standard InChI is InChI=1S/C31H40FNO9.ClH/c1-6-11-39-26(38)21(33)14-25(37)40-16-23(36)31-24(41-27(2,3)42-31)13-20-19-8-7-17-12-18(34)9-10-28(17,4)30(19,32)22(35)15-29(20,31)5;/h6,9-10,12,19-22,24,35H,1,7-8,11,13-16,33H2,2-5H3;1H/t19-,20-,21?,22-,24+,28-,29-,30-,31+;/m0./s1. The van der Waals surface area contributed by atoms with Gasteiger partial charge >= 0.3 is 11.9 Å². The second-order valence-corrected chi connectivity index (χ2v) is 13.2. The van der Waals surface area contributed by atoms with Gasteiger partial charge in [-0.3, -0.25) is 19.2 Å². The van der Waals surface area contributed by atoms with Crippen LogP contribution in [0, 0.1) is 22.7 Å². The largest absolute Gasteiger partial charge is 0.460 e. The summed E-state index contributed by atoms with van der Waals surface area (Å²) in [5.74, 6) is -4.67. The molecule has 12 heteroatoms. The van der Waals surface area contributed by atoms with E-state index >= 15 is 4.39 Å². The van der Waals surface area contributed by atoms with Gasteiger partial charge in [0.05, 0.1) is 18.6 Å². The zero-order valence-corrected chi connectivity index (χ0v) is 25.7. The van der Waals surface area contributed by atoms with Crippen LogP contribution < -0.4 is 5.73 Å². The molecular weight excluding hydrogens is 585 g/mol. The number of halogens is 2. The summed E-state index contributed by atoms with van der Waals surface area (Å²) in [6.45, 7) is 9.61. The van der Waals surface area contributed by atoms with E-state index in [1.165, 1.54) is 18.2 Å². The van der Waals surface area contributed by atoms with E-state index in [1.54, 1.807) is 26.8 Å². The summed E-state index contributed by atoms with van der Waals surface area (Å²) in [6, 6.07) is -1.28. The van der Waals surface area contributed by atoms with E-state index < -0.39 is 88.7 Å². The fraction of sp³-hybridized carbons (Fsp3) is 0.677. The minimum atomic E-state index is -2.08. The summed E-state index contributed by atoms with van der Waals surface area (Å²) < 4.78 is 40.3. The molecule has 3 saturated carbocycles.